The smallest absolute Gasteiger partial charge is 0.270 e. The fourth-order valence-electron chi connectivity index (χ4n) is 3.15. The minimum atomic E-state index is -0.124. The molecule has 1 saturated carbocycles. The average molecular weight is 352 g/mol. The van der Waals surface area contributed by atoms with E-state index in [1.807, 2.05) is 30.3 Å². The Morgan fingerprint density at radius 1 is 0.962 bits per heavy atom. The molecule has 1 aliphatic rings. The summed E-state index contributed by atoms with van der Waals surface area (Å²) in [6.07, 6.45) is 7.33. The Labute approximate surface area is 153 Å². The summed E-state index contributed by atoms with van der Waals surface area (Å²) in [5, 5.41) is 9.06. The van der Waals surface area contributed by atoms with Crippen LogP contribution in [0.4, 0.5) is 17.1 Å². The number of nitrogens with one attached hydrogen (secondary N) is 3. The summed E-state index contributed by atoms with van der Waals surface area (Å²) in [7, 11) is 0. The average Bonchev–Trinajstić information content (AvgIpc) is 2.64. The van der Waals surface area contributed by atoms with Crippen molar-refractivity contribution in [2.24, 2.45) is 0 Å². The van der Waals surface area contributed by atoms with Gasteiger partial charge in [0, 0.05) is 36.2 Å². The zero-order valence-corrected chi connectivity index (χ0v) is 14.9. The fraction of sp³-hybridized carbons (Fsp3) is 0.350. The van der Waals surface area contributed by atoms with Crippen molar-refractivity contribution in [3.05, 3.63) is 48.3 Å². The number of aromatic nitrogens is 1. The standard InChI is InChI=1S/C20H24N4O2/c1-14(25)22-16-7-9-17(10-8-16)23-18-11-12-21-19(13-18)20(26)24-15-5-3-2-4-6-15/h7-13,15H,2-6H2,1H3,(H,21,23)(H,22,25)(H,24,26). The maximum Gasteiger partial charge on any atom is 0.270 e. The number of hydrogen-bond acceptors (Lipinski definition) is 4. The molecule has 0 saturated heterocycles. The third-order valence-electron chi connectivity index (χ3n) is 4.43. The molecule has 26 heavy (non-hydrogen) atoms. The minimum absolute atomic E-state index is 0.103. The zero-order valence-electron chi connectivity index (χ0n) is 14.9. The third-order valence-corrected chi connectivity index (χ3v) is 4.43. The van der Waals surface area contributed by atoms with Crippen molar-refractivity contribution in [3.8, 4) is 0 Å². The maximum atomic E-state index is 12.4. The summed E-state index contributed by atoms with van der Waals surface area (Å²) in [6.45, 7) is 1.48. The van der Waals surface area contributed by atoms with Crippen molar-refractivity contribution in [3.63, 3.8) is 0 Å². The van der Waals surface area contributed by atoms with Gasteiger partial charge in [-0.2, -0.15) is 0 Å². The van der Waals surface area contributed by atoms with Crippen LogP contribution in [0.15, 0.2) is 42.6 Å². The highest BCUT2D eigenvalue weighted by Crippen LogP contribution is 2.20. The van der Waals surface area contributed by atoms with E-state index < -0.39 is 0 Å². The van der Waals surface area contributed by atoms with Crippen molar-refractivity contribution in [1.82, 2.24) is 10.3 Å². The lowest BCUT2D eigenvalue weighted by Crippen LogP contribution is -2.36. The summed E-state index contributed by atoms with van der Waals surface area (Å²) in [4.78, 5) is 27.7. The maximum absolute atomic E-state index is 12.4. The molecule has 0 unspecified atom stereocenters. The molecule has 1 aromatic heterocycles. The lowest BCUT2D eigenvalue weighted by molar-refractivity contribution is -0.114. The number of nitrogens with zero attached hydrogens (tertiary/aromatic N) is 1. The molecule has 1 fully saturated rings. The molecular weight excluding hydrogens is 328 g/mol. The molecule has 2 amide bonds. The van der Waals surface area contributed by atoms with E-state index in [2.05, 4.69) is 20.9 Å². The van der Waals surface area contributed by atoms with Gasteiger partial charge in [0.2, 0.25) is 5.91 Å². The van der Waals surface area contributed by atoms with E-state index in [0.29, 0.717) is 5.69 Å². The molecule has 2 aromatic rings. The Balaban J connectivity index is 1.63. The summed E-state index contributed by atoms with van der Waals surface area (Å²) in [5.74, 6) is -0.227. The van der Waals surface area contributed by atoms with E-state index in [1.165, 1.54) is 26.2 Å². The first-order valence-corrected chi connectivity index (χ1v) is 9.02. The van der Waals surface area contributed by atoms with Gasteiger partial charge in [0.05, 0.1) is 0 Å². The van der Waals surface area contributed by atoms with Crippen molar-refractivity contribution in [1.29, 1.82) is 0 Å². The molecule has 0 aliphatic heterocycles. The minimum Gasteiger partial charge on any atom is -0.355 e. The first-order chi connectivity index (χ1) is 12.6. The summed E-state index contributed by atoms with van der Waals surface area (Å²) in [5.41, 5.74) is 2.81. The molecular formula is C20H24N4O2. The van der Waals surface area contributed by atoms with E-state index in [1.54, 1.807) is 12.3 Å². The van der Waals surface area contributed by atoms with Gasteiger partial charge in [0.1, 0.15) is 5.69 Å². The molecule has 1 aliphatic carbocycles. The van der Waals surface area contributed by atoms with Crippen LogP contribution in [0.2, 0.25) is 0 Å². The SMILES string of the molecule is CC(=O)Nc1ccc(Nc2ccnc(C(=O)NC3CCCCC3)c2)cc1. The second-order valence-corrected chi connectivity index (χ2v) is 6.62. The number of anilines is 3. The zero-order chi connectivity index (χ0) is 18.4. The highest BCUT2D eigenvalue weighted by atomic mass is 16.2. The third kappa shape index (κ3) is 5.05. The van der Waals surface area contributed by atoms with Crippen molar-refractivity contribution >= 4 is 28.9 Å². The van der Waals surface area contributed by atoms with Crippen LogP contribution in [-0.2, 0) is 4.79 Å². The van der Waals surface area contributed by atoms with Crippen LogP contribution in [0.5, 0.6) is 0 Å². The largest absolute Gasteiger partial charge is 0.355 e. The highest BCUT2D eigenvalue weighted by molar-refractivity contribution is 5.93. The van der Waals surface area contributed by atoms with Gasteiger partial charge in [-0.25, -0.2) is 0 Å². The van der Waals surface area contributed by atoms with E-state index in [9.17, 15) is 9.59 Å². The normalized spacial score (nSPS) is 14.5. The van der Waals surface area contributed by atoms with Crippen molar-refractivity contribution in [2.45, 2.75) is 45.1 Å². The molecule has 6 nitrogen and oxygen atoms in total. The Morgan fingerprint density at radius 2 is 1.65 bits per heavy atom. The summed E-state index contributed by atoms with van der Waals surface area (Å²) < 4.78 is 0. The second kappa shape index (κ2) is 8.47. The molecule has 6 heteroatoms. The molecule has 0 atom stereocenters. The Bertz CT molecular complexity index is 768. The number of carbonyl (C=O) groups excluding carboxylic acids is 2. The Kier molecular flexibility index (Phi) is 5.84. The van der Waals surface area contributed by atoms with Gasteiger partial charge < -0.3 is 16.0 Å². The molecule has 0 bridgehead atoms. The predicted molar refractivity (Wildman–Crippen MR) is 103 cm³/mol. The van der Waals surface area contributed by atoms with Gasteiger partial charge in [-0.15, -0.1) is 0 Å². The predicted octanol–water partition coefficient (Wildman–Crippen LogP) is 3.85. The lowest BCUT2D eigenvalue weighted by Gasteiger charge is -2.22. The molecule has 3 rings (SSSR count). The van der Waals surface area contributed by atoms with Crippen LogP contribution < -0.4 is 16.0 Å². The quantitative estimate of drug-likeness (QED) is 0.763. The van der Waals surface area contributed by atoms with Crippen LogP contribution in [0.3, 0.4) is 0 Å². The van der Waals surface area contributed by atoms with Gasteiger partial charge in [-0.1, -0.05) is 19.3 Å². The van der Waals surface area contributed by atoms with Gasteiger partial charge in [-0.05, 0) is 49.2 Å². The van der Waals surface area contributed by atoms with Gasteiger partial charge >= 0.3 is 0 Å². The molecule has 0 spiro atoms. The van der Waals surface area contributed by atoms with Crippen LogP contribution >= 0.6 is 0 Å². The second-order valence-electron chi connectivity index (χ2n) is 6.62. The van der Waals surface area contributed by atoms with E-state index in [0.717, 1.165) is 29.9 Å². The van der Waals surface area contributed by atoms with Gasteiger partial charge in [0.15, 0.2) is 0 Å². The summed E-state index contributed by atoms with van der Waals surface area (Å²) in [6, 6.07) is 11.2. The molecule has 136 valence electrons. The number of carbonyl (C=O) groups is 2. The Morgan fingerprint density at radius 3 is 2.35 bits per heavy atom. The lowest BCUT2D eigenvalue weighted by atomic mass is 9.95. The highest BCUT2D eigenvalue weighted by Gasteiger charge is 2.17. The van der Waals surface area contributed by atoms with Crippen molar-refractivity contribution in [2.75, 3.05) is 10.6 Å². The molecule has 3 N–H and O–H groups in total. The van der Waals surface area contributed by atoms with E-state index >= 15 is 0 Å². The first kappa shape index (κ1) is 17.9. The number of rotatable bonds is 5. The monoisotopic (exact) mass is 352 g/mol. The Hall–Kier alpha value is -2.89. The van der Waals surface area contributed by atoms with Crippen LogP contribution in [-0.4, -0.2) is 22.8 Å². The van der Waals surface area contributed by atoms with Crippen LogP contribution in [0.1, 0.15) is 49.5 Å². The number of hydrogen-bond donors (Lipinski definition) is 3. The number of benzene rings is 1. The van der Waals surface area contributed by atoms with E-state index in [-0.39, 0.29) is 17.9 Å². The van der Waals surface area contributed by atoms with Crippen LogP contribution in [0, 0.1) is 0 Å². The fourth-order valence-corrected chi connectivity index (χ4v) is 3.15. The van der Waals surface area contributed by atoms with Crippen LogP contribution in [0.25, 0.3) is 0 Å². The summed E-state index contributed by atoms with van der Waals surface area (Å²) >= 11 is 0. The van der Waals surface area contributed by atoms with Crippen molar-refractivity contribution < 1.29 is 9.59 Å². The van der Waals surface area contributed by atoms with E-state index in [4.69, 9.17) is 0 Å². The number of pyridine rings is 1. The molecule has 1 heterocycles. The van der Waals surface area contributed by atoms with Gasteiger partial charge in [0.25, 0.3) is 5.91 Å². The topological polar surface area (TPSA) is 83.1 Å². The molecule has 0 radical (unpaired) electrons. The van der Waals surface area contributed by atoms with Gasteiger partial charge in [-0.3, -0.25) is 14.6 Å². The molecule has 1 aromatic carbocycles. The number of amides is 2. The first-order valence-electron chi connectivity index (χ1n) is 9.02.